The van der Waals surface area contributed by atoms with Crippen molar-refractivity contribution in [1.82, 2.24) is 28.9 Å². The number of carbonyl (C=O) groups excluding carboxylic acids is 2. The molecule has 9 rings (SSSR count). The molecule has 12 heteroatoms. The number of rotatable bonds is 8. The molecule has 0 spiro atoms. The number of alkyl halides is 2. The summed E-state index contributed by atoms with van der Waals surface area (Å²) in [5, 5.41) is 1.03. The van der Waals surface area contributed by atoms with Gasteiger partial charge in [-0.25, -0.2) is 18.7 Å². The van der Waals surface area contributed by atoms with Crippen molar-refractivity contribution in [2.75, 3.05) is 26.7 Å². The minimum absolute atomic E-state index is 0.0199. The summed E-state index contributed by atoms with van der Waals surface area (Å²) in [5.74, 6) is -1.20. The van der Waals surface area contributed by atoms with Crippen molar-refractivity contribution >= 4 is 33.9 Å². The quantitative estimate of drug-likeness (QED) is 0.288. The van der Waals surface area contributed by atoms with E-state index in [1.165, 1.54) is 12.8 Å². The monoisotopic (exact) mass is 657 g/mol. The van der Waals surface area contributed by atoms with Crippen molar-refractivity contribution in [2.24, 2.45) is 29.4 Å². The fourth-order valence-corrected chi connectivity index (χ4v) is 8.89. The maximum Gasteiger partial charge on any atom is 0.254 e. The molecule has 2 amide bonds. The Kier molecular flexibility index (Phi) is 6.87. The number of likely N-dealkylation sites (tertiary alicyclic amines) is 2. The Morgan fingerprint density at radius 2 is 1.83 bits per heavy atom. The number of carbonyl (C=O) groups is 2. The highest BCUT2D eigenvalue weighted by atomic mass is 19.3. The van der Waals surface area contributed by atoms with Gasteiger partial charge in [-0.1, -0.05) is 0 Å². The number of pyridine rings is 1. The summed E-state index contributed by atoms with van der Waals surface area (Å²) in [6.07, 6.45) is 5.84. The number of halogens is 2. The van der Waals surface area contributed by atoms with E-state index >= 15 is 0 Å². The zero-order valence-corrected chi connectivity index (χ0v) is 27.2. The highest BCUT2D eigenvalue weighted by Gasteiger charge is 2.48. The molecule has 3 saturated carbocycles. The van der Waals surface area contributed by atoms with E-state index in [9.17, 15) is 18.4 Å². The van der Waals surface area contributed by atoms with Crippen LogP contribution >= 0.6 is 0 Å². The molecule has 10 nitrogen and oxygen atoms in total. The number of nitrogens with zero attached hydrogens (tertiary/aromatic N) is 6. The Hall–Kier alpha value is -4.06. The van der Waals surface area contributed by atoms with Crippen LogP contribution in [0.15, 0.2) is 36.5 Å². The molecule has 1 aromatic carbocycles. The van der Waals surface area contributed by atoms with E-state index in [1.807, 2.05) is 29.3 Å². The summed E-state index contributed by atoms with van der Waals surface area (Å²) in [7, 11) is 1.61. The molecule has 3 unspecified atom stereocenters. The Morgan fingerprint density at radius 1 is 1.02 bits per heavy atom. The lowest BCUT2D eigenvalue weighted by atomic mass is 9.96. The third kappa shape index (κ3) is 4.89. The van der Waals surface area contributed by atoms with Crippen molar-refractivity contribution in [3.63, 3.8) is 0 Å². The number of nitrogens with two attached hydrogens (primary N) is 1. The Balaban J connectivity index is 1.10. The first kappa shape index (κ1) is 30.0. The third-order valence-corrected chi connectivity index (χ3v) is 11.7. The average Bonchev–Trinajstić information content (AvgIpc) is 3.29. The molecule has 4 atom stereocenters. The molecule has 5 heterocycles. The second kappa shape index (κ2) is 11.0. The molecular formula is C36H41F2N7O3. The van der Waals surface area contributed by atoms with Crippen LogP contribution in [0.25, 0.3) is 33.6 Å². The predicted molar refractivity (Wildman–Crippen MR) is 176 cm³/mol. The number of hydrogen-bond donors (Lipinski definition) is 1. The molecule has 2 bridgehead atoms. The molecule has 3 aromatic heterocycles. The van der Waals surface area contributed by atoms with Gasteiger partial charge in [-0.05, 0) is 74.3 Å². The SMILES string of the molecule is COc1cc(C(=O)N2CC3CCC2[C@@H]3N)cc2nc(-c3cc4cccnc4n3CC3CC3)n(CC3CN(C(=O)C4CCC(F)(F)C4)C3)c12. The van der Waals surface area contributed by atoms with Gasteiger partial charge in [0.05, 0.1) is 18.3 Å². The largest absolute Gasteiger partial charge is 0.494 e. The van der Waals surface area contributed by atoms with Crippen LogP contribution in [0, 0.1) is 23.7 Å². The summed E-state index contributed by atoms with van der Waals surface area (Å²) in [5.41, 5.74) is 10.3. The first-order valence-corrected chi connectivity index (χ1v) is 17.4. The van der Waals surface area contributed by atoms with Crippen molar-refractivity contribution in [3.05, 3.63) is 42.1 Å². The van der Waals surface area contributed by atoms with Crippen molar-refractivity contribution < 1.29 is 23.1 Å². The summed E-state index contributed by atoms with van der Waals surface area (Å²) < 4.78 is 38.2. The molecule has 5 fully saturated rings. The molecule has 4 aromatic rings. The van der Waals surface area contributed by atoms with E-state index in [4.69, 9.17) is 20.4 Å². The van der Waals surface area contributed by atoms with Crippen LogP contribution in [0.4, 0.5) is 8.78 Å². The van der Waals surface area contributed by atoms with Crippen LogP contribution in [0.3, 0.4) is 0 Å². The Bertz CT molecular complexity index is 1940. The fraction of sp³-hybridized carbons (Fsp3) is 0.556. The number of hydrogen-bond acceptors (Lipinski definition) is 6. The number of benzene rings is 1. The molecule has 5 aliphatic rings. The standard InChI is InChI=1S/C36H41F2N7O3/c1-48-29-13-25(35(47)44-19-24-6-7-27(44)30(24)39)11-26-31(29)45(18-21-15-42(16-21)34(46)23-8-9-36(37,38)14-23)33(41-26)28-12-22-3-2-10-40-32(22)43(28)17-20-4-5-20/h2-3,10-13,20-21,23-24,27,30H,4-9,14-19,39H2,1H3/t23?,24?,27?,30-/m1/s1. The maximum atomic E-state index is 13.9. The normalized spacial score (nSPS) is 26.6. The number of piperidine rings is 1. The number of imidazole rings is 1. The van der Waals surface area contributed by atoms with Crippen molar-refractivity contribution in [2.45, 2.75) is 76.0 Å². The van der Waals surface area contributed by atoms with E-state index in [-0.39, 0.29) is 49.1 Å². The van der Waals surface area contributed by atoms with E-state index in [1.54, 1.807) is 12.0 Å². The molecule has 2 aliphatic heterocycles. The smallest absolute Gasteiger partial charge is 0.254 e. The molecule has 2 saturated heterocycles. The fourth-order valence-electron chi connectivity index (χ4n) is 8.89. The number of fused-ring (bicyclic) bond motifs is 4. The van der Waals surface area contributed by atoms with Gasteiger partial charge in [0, 0.05) is 86.6 Å². The summed E-state index contributed by atoms with van der Waals surface area (Å²) in [6, 6.07) is 9.92. The predicted octanol–water partition coefficient (Wildman–Crippen LogP) is 4.93. The van der Waals surface area contributed by atoms with Gasteiger partial charge in [0.15, 0.2) is 5.82 Å². The van der Waals surface area contributed by atoms with Gasteiger partial charge in [0.1, 0.15) is 16.9 Å². The first-order valence-electron chi connectivity index (χ1n) is 17.4. The minimum atomic E-state index is -2.75. The maximum absolute atomic E-state index is 13.9. The second-order valence-electron chi connectivity index (χ2n) is 14.9. The molecule has 252 valence electrons. The van der Waals surface area contributed by atoms with Gasteiger partial charge < -0.3 is 29.4 Å². The topological polar surface area (TPSA) is 112 Å². The van der Waals surface area contributed by atoms with Gasteiger partial charge >= 0.3 is 0 Å². The van der Waals surface area contributed by atoms with Crippen LogP contribution in [0.1, 0.15) is 55.3 Å². The highest BCUT2D eigenvalue weighted by molar-refractivity contribution is 6.00. The Labute approximate surface area is 277 Å². The molecule has 3 aliphatic carbocycles. The number of ether oxygens (including phenoxy) is 1. The second-order valence-corrected chi connectivity index (χ2v) is 14.9. The number of methoxy groups -OCH3 is 1. The van der Waals surface area contributed by atoms with Crippen LogP contribution < -0.4 is 10.5 Å². The number of aromatic nitrogens is 4. The third-order valence-electron chi connectivity index (χ3n) is 11.7. The van der Waals surface area contributed by atoms with Crippen LogP contribution in [0.5, 0.6) is 5.75 Å². The van der Waals surface area contributed by atoms with Crippen molar-refractivity contribution in [3.8, 4) is 17.3 Å². The Morgan fingerprint density at radius 3 is 2.52 bits per heavy atom. The molecule has 2 N–H and O–H groups in total. The van der Waals surface area contributed by atoms with Gasteiger partial charge in [-0.3, -0.25) is 9.59 Å². The summed E-state index contributed by atoms with van der Waals surface area (Å²) >= 11 is 0. The van der Waals surface area contributed by atoms with Crippen LogP contribution in [-0.2, 0) is 17.9 Å². The van der Waals surface area contributed by atoms with Crippen LogP contribution in [0.2, 0.25) is 0 Å². The zero-order chi connectivity index (χ0) is 32.9. The molecule has 0 radical (unpaired) electrons. The lowest BCUT2D eigenvalue weighted by molar-refractivity contribution is -0.143. The molecular weight excluding hydrogens is 616 g/mol. The zero-order valence-electron chi connectivity index (χ0n) is 27.2. The van der Waals surface area contributed by atoms with Crippen molar-refractivity contribution in [1.29, 1.82) is 0 Å². The van der Waals surface area contributed by atoms with E-state index in [2.05, 4.69) is 21.3 Å². The van der Waals surface area contributed by atoms with Gasteiger partial charge in [0.2, 0.25) is 11.8 Å². The van der Waals surface area contributed by atoms with Crippen LogP contribution in [-0.4, -0.2) is 85.5 Å². The summed E-state index contributed by atoms with van der Waals surface area (Å²) in [4.78, 5) is 40.6. The lowest BCUT2D eigenvalue weighted by Gasteiger charge is -2.41. The molecule has 48 heavy (non-hydrogen) atoms. The van der Waals surface area contributed by atoms with E-state index in [0.717, 1.165) is 47.5 Å². The highest BCUT2D eigenvalue weighted by Crippen LogP contribution is 2.43. The van der Waals surface area contributed by atoms with Gasteiger partial charge in [-0.2, -0.15) is 0 Å². The van der Waals surface area contributed by atoms with E-state index in [0.29, 0.717) is 54.8 Å². The summed E-state index contributed by atoms with van der Waals surface area (Å²) in [6.45, 7) is 3.08. The lowest BCUT2D eigenvalue weighted by Crippen LogP contribution is -2.53. The van der Waals surface area contributed by atoms with Gasteiger partial charge in [0.25, 0.3) is 5.91 Å². The minimum Gasteiger partial charge on any atom is -0.494 e. The van der Waals surface area contributed by atoms with E-state index < -0.39 is 11.8 Å². The van der Waals surface area contributed by atoms with Gasteiger partial charge in [-0.15, -0.1) is 0 Å². The number of amides is 2. The average molecular weight is 658 g/mol. The first-order chi connectivity index (χ1) is 23.2.